The van der Waals surface area contributed by atoms with Gasteiger partial charge in [-0.1, -0.05) is 6.07 Å². The monoisotopic (exact) mass is 199 g/mol. The summed E-state index contributed by atoms with van der Waals surface area (Å²) < 4.78 is 1.74. The lowest BCUT2D eigenvalue weighted by Gasteiger charge is -2.04. The Hall–Kier alpha value is -2.30. The molecule has 1 aliphatic heterocycles. The van der Waals surface area contributed by atoms with Gasteiger partial charge in [-0.2, -0.15) is 4.57 Å². The smallest absolute Gasteiger partial charge is 0.282 e. The number of rotatable bonds is 1. The van der Waals surface area contributed by atoms with E-state index in [1.54, 1.807) is 10.8 Å². The standard InChI is InChI=1S/C10H6N4O/c15-9-7(14-4-2-1-3-5-14)6-11-10-8(9)12-13-10/h1-6H/p+1. The highest BCUT2D eigenvalue weighted by molar-refractivity contribution is 5.62. The fraction of sp³-hybridized carbons (Fsp3) is 0. The molecule has 0 fully saturated rings. The minimum atomic E-state index is -0.102. The Morgan fingerprint density at radius 2 is 1.93 bits per heavy atom. The second kappa shape index (κ2) is 2.84. The Morgan fingerprint density at radius 3 is 2.60 bits per heavy atom. The number of nitrogens with one attached hydrogen (secondary N) is 1. The molecule has 2 aromatic heterocycles. The fourth-order valence-corrected chi connectivity index (χ4v) is 1.47. The normalized spacial score (nSPS) is 12.0. The molecule has 72 valence electrons. The summed E-state index contributed by atoms with van der Waals surface area (Å²) in [6.45, 7) is 0. The van der Waals surface area contributed by atoms with Crippen LogP contribution in [0.1, 0.15) is 0 Å². The van der Waals surface area contributed by atoms with E-state index in [0.717, 1.165) is 0 Å². The molecule has 0 atom stereocenters. The summed E-state index contributed by atoms with van der Waals surface area (Å²) >= 11 is 0. The van der Waals surface area contributed by atoms with E-state index in [2.05, 4.69) is 15.2 Å². The fourth-order valence-electron chi connectivity index (χ4n) is 1.47. The van der Waals surface area contributed by atoms with Crippen molar-refractivity contribution in [2.45, 2.75) is 0 Å². The number of hydrogen-bond acceptors (Lipinski definition) is 3. The quantitative estimate of drug-likeness (QED) is 0.591. The van der Waals surface area contributed by atoms with Gasteiger partial charge in [0.25, 0.3) is 11.1 Å². The molecule has 0 unspecified atom stereocenters. The lowest BCUT2D eigenvalue weighted by Crippen LogP contribution is -2.35. The van der Waals surface area contributed by atoms with Crippen LogP contribution in [0.3, 0.4) is 0 Å². The molecule has 1 aliphatic rings. The van der Waals surface area contributed by atoms with Gasteiger partial charge in [0, 0.05) is 12.1 Å². The lowest BCUT2D eigenvalue weighted by atomic mass is 10.3. The first-order valence-corrected chi connectivity index (χ1v) is 4.50. The van der Waals surface area contributed by atoms with Crippen LogP contribution in [0, 0.1) is 0 Å². The van der Waals surface area contributed by atoms with Gasteiger partial charge < -0.3 is 4.98 Å². The molecule has 2 aromatic rings. The molecule has 5 nitrogen and oxygen atoms in total. The number of aromatic nitrogens is 2. The van der Waals surface area contributed by atoms with Crippen LogP contribution < -0.4 is 10.00 Å². The van der Waals surface area contributed by atoms with Crippen molar-refractivity contribution in [1.29, 1.82) is 0 Å². The van der Waals surface area contributed by atoms with Crippen LogP contribution in [0.15, 0.2) is 51.8 Å². The van der Waals surface area contributed by atoms with Crippen LogP contribution in [0.4, 0.5) is 11.5 Å². The molecule has 0 saturated heterocycles. The Balaban J connectivity index is 2.24. The minimum Gasteiger partial charge on any atom is -0.337 e. The molecule has 3 heterocycles. The molecule has 5 heteroatoms. The van der Waals surface area contributed by atoms with E-state index in [-0.39, 0.29) is 5.43 Å². The SMILES string of the molecule is O=c1c(-[n+]2ccccc2)c[nH]c2c1N=N2. The highest BCUT2D eigenvalue weighted by Crippen LogP contribution is 2.31. The zero-order chi connectivity index (χ0) is 10.3. The van der Waals surface area contributed by atoms with Gasteiger partial charge in [0.15, 0.2) is 23.9 Å². The van der Waals surface area contributed by atoms with E-state index in [1.807, 2.05) is 30.6 Å². The first-order valence-electron chi connectivity index (χ1n) is 4.50. The number of pyridine rings is 2. The third-order valence-electron chi connectivity index (χ3n) is 2.26. The van der Waals surface area contributed by atoms with E-state index >= 15 is 0 Å². The average Bonchev–Trinajstić information content (AvgIpc) is 2.22. The predicted molar refractivity (Wildman–Crippen MR) is 52.8 cm³/mol. The van der Waals surface area contributed by atoms with Gasteiger partial charge in [0.05, 0.1) is 6.20 Å². The summed E-state index contributed by atoms with van der Waals surface area (Å²) in [4.78, 5) is 14.8. The first-order chi connectivity index (χ1) is 7.36. The molecule has 0 radical (unpaired) electrons. The van der Waals surface area contributed by atoms with Crippen LogP contribution in [-0.4, -0.2) is 4.98 Å². The molecular formula is C10H7N4O+. The maximum atomic E-state index is 11.8. The number of hydrogen-bond donors (Lipinski definition) is 1. The highest BCUT2D eigenvalue weighted by atomic mass is 16.1. The van der Waals surface area contributed by atoms with Crippen molar-refractivity contribution in [2.75, 3.05) is 0 Å². The maximum absolute atomic E-state index is 11.8. The average molecular weight is 199 g/mol. The van der Waals surface area contributed by atoms with Crippen molar-refractivity contribution in [3.63, 3.8) is 0 Å². The molecule has 0 amide bonds. The van der Waals surface area contributed by atoms with Crippen molar-refractivity contribution >= 4 is 11.5 Å². The molecule has 3 rings (SSSR count). The molecular weight excluding hydrogens is 192 g/mol. The van der Waals surface area contributed by atoms with Crippen LogP contribution >= 0.6 is 0 Å². The second-order valence-corrected chi connectivity index (χ2v) is 3.18. The van der Waals surface area contributed by atoms with Gasteiger partial charge in [-0.25, -0.2) is 0 Å². The number of aromatic amines is 1. The van der Waals surface area contributed by atoms with Crippen molar-refractivity contribution in [1.82, 2.24) is 4.98 Å². The van der Waals surface area contributed by atoms with Crippen molar-refractivity contribution < 1.29 is 4.57 Å². The Kier molecular flexibility index (Phi) is 1.53. The van der Waals surface area contributed by atoms with Gasteiger partial charge in [0.2, 0.25) is 0 Å². The Morgan fingerprint density at radius 1 is 1.13 bits per heavy atom. The van der Waals surface area contributed by atoms with E-state index in [9.17, 15) is 4.79 Å². The minimum absolute atomic E-state index is 0.102. The summed E-state index contributed by atoms with van der Waals surface area (Å²) in [5, 5.41) is 7.37. The Labute approximate surface area is 84.7 Å². The second-order valence-electron chi connectivity index (χ2n) is 3.18. The molecule has 15 heavy (non-hydrogen) atoms. The van der Waals surface area contributed by atoms with Crippen LogP contribution in [0.5, 0.6) is 0 Å². The van der Waals surface area contributed by atoms with Gasteiger partial charge >= 0.3 is 0 Å². The number of H-pyrrole nitrogens is 1. The summed E-state index contributed by atoms with van der Waals surface area (Å²) in [5.41, 5.74) is 0.854. The topological polar surface area (TPSA) is 61.5 Å². The highest BCUT2D eigenvalue weighted by Gasteiger charge is 2.21. The zero-order valence-electron chi connectivity index (χ0n) is 7.71. The van der Waals surface area contributed by atoms with Gasteiger partial charge in [-0.15, -0.1) is 10.2 Å². The summed E-state index contributed by atoms with van der Waals surface area (Å²) in [5.74, 6) is 0.556. The Bertz CT molecular complexity index is 601. The zero-order valence-corrected chi connectivity index (χ0v) is 7.71. The molecule has 0 bridgehead atoms. The summed E-state index contributed by atoms with van der Waals surface area (Å²) in [6, 6.07) is 5.62. The predicted octanol–water partition coefficient (Wildman–Crippen LogP) is 1.38. The van der Waals surface area contributed by atoms with Crippen molar-refractivity contribution in [3.8, 4) is 5.69 Å². The van der Waals surface area contributed by atoms with Crippen LogP contribution in [0.2, 0.25) is 0 Å². The lowest BCUT2D eigenvalue weighted by molar-refractivity contribution is -0.596. The van der Waals surface area contributed by atoms with Crippen molar-refractivity contribution in [2.24, 2.45) is 10.2 Å². The van der Waals surface area contributed by atoms with E-state index in [0.29, 0.717) is 17.2 Å². The van der Waals surface area contributed by atoms with Crippen LogP contribution in [0.25, 0.3) is 5.69 Å². The molecule has 0 aromatic carbocycles. The van der Waals surface area contributed by atoms with Crippen LogP contribution in [-0.2, 0) is 0 Å². The molecule has 0 saturated carbocycles. The van der Waals surface area contributed by atoms with E-state index in [4.69, 9.17) is 0 Å². The number of nitrogens with zero attached hydrogens (tertiary/aromatic N) is 3. The van der Waals surface area contributed by atoms with E-state index in [1.165, 1.54) is 0 Å². The number of azo groups is 1. The maximum Gasteiger partial charge on any atom is 0.282 e. The third kappa shape index (κ3) is 1.10. The largest absolute Gasteiger partial charge is 0.337 e. The van der Waals surface area contributed by atoms with E-state index < -0.39 is 0 Å². The van der Waals surface area contributed by atoms with Gasteiger partial charge in [0.1, 0.15) is 0 Å². The molecule has 1 N–H and O–H groups in total. The summed E-state index contributed by atoms with van der Waals surface area (Å²) in [6.07, 6.45) is 5.26. The first kappa shape index (κ1) is 8.05. The number of fused-ring (bicyclic) bond motifs is 1. The van der Waals surface area contributed by atoms with Crippen molar-refractivity contribution in [3.05, 3.63) is 47.0 Å². The summed E-state index contributed by atoms with van der Waals surface area (Å²) in [7, 11) is 0. The molecule has 0 spiro atoms. The molecule has 0 aliphatic carbocycles. The van der Waals surface area contributed by atoms with Gasteiger partial charge in [-0.05, 0) is 0 Å². The third-order valence-corrected chi connectivity index (χ3v) is 2.26. The van der Waals surface area contributed by atoms with Gasteiger partial charge in [-0.3, -0.25) is 4.79 Å².